The van der Waals surface area contributed by atoms with Crippen molar-refractivity contribution in [2.75, 3.05) is 17.8 Å². The monoisotopic (exact) mass is 371 g/mol. The molecule has 2 rings (SSSR count). The number of thioether (sulfide) groups is 1. The average molecular weight is 371 g/mol. The van der Waals surface area contributed by atoms with Crippen LogP contribution in [-0.2, 0) is 19.4 Å². The third kappa shape index (κ3) is 5.52. The molecule has 0 saturated carbocycles. The molecule has 132 valence electrons. The minimum atomic E-state index is -3.02. The average Bonchev–Trinajstić information content (AvgIpc) is 2.85. The maximum absolute atomic E-state index is 12.2. The molecule has 24 heavy (non-hydrogen) atoms. The Morgan fingerprint density at radius 3 is 2.50 bits per heavy atom. The Bertz CT molecular complexity index is 700. The van der Waals surface area contributed by atoms with E-state index in [2.05, 4.69) is 5.32 Å². The van der Waals surface area contributed by atoms with E-state index in [0.29, 0.717) is 6.42 Å². The van der Waals surface area contributed by atoms with E-state index in [0.717, 1.165) is 10.5 Å². The van der Waals surface area contributed by atoms with E-state index in [1.165, 1.54) is 0 Å². The Balaban J connectivity index is 2.02. The summed E-state index contributed by atoms with van der Waals surface area (Å²) >= 11 is 1.58. The van der Waals surface area contributed by atoms with Crippen molar-refractivity contribution in [3.63, 3.8) is 0 Å². The van der Waals surface area contributed by atoms with Gasteiger partial charge in [0, 0.05) is 11.3 Å². The normalized spacial score (nSPS) is 20.5. The van der Waals surface area contributed by atoms with Crippen LogP contribution in [0.5, 0.6) is 0 Å². The van der Waals surface area contributed by atoms with E-state index in [-0.39, 0.29) is 36.2 Å². The predicted octanol–water partition coefficient (Wildman–Crippen LogP) is 1.87. The number of carboxylic acids is 1. The molecular formula is C16H21NO5S2. The number of amides is 1. The number of carboxylic acid groups (broad SMARTS) is 1. The number of sulfone groups is 1. The molecule has 2 unspecified atom stereocenters. The molecule has 0 aromatic heterocycles. The molecule has 0 spiro atoms. The predicted molar refractivity (Wildman–Crippen MR) is 92.7 cm³/mol. The number of hydrogen-bond donors (Lipinski definition) is 2. The largest absolute Gasteiger partial charge is 0.481 e. The molecule has 0 bridgehead atoms. The van der Waals surface area contributed by atoms with Crippen molar-refractivity contribution in [1.82, 2.24) is 5.32 Å². The summed E-state index contributed by atoms with van der Waals surface area (Å²) in [6.45, 7) is 0. The molecule has 1 aromatic rings. The second-order valence-electron chi connectivity index (χ2n) is 5.96. The van der Waals surface area contributed by atoms with Gasteiger partial charge in [-0.2, -0.15) is 0 Å². The summed E-state index contributed by atoms with van der Waals surface area (Å²) in [4.78, 5) is 24.3. The second-order valence-corrected chi connectivity index (χ2v) is 9.07. The summed E-state index contributed by atoms with van der Waals surface area (Å²) in [5.41, 5.74) is 0.725. The smallest absolute Gasteiger partial charge is 0.305 e. The maximum Gasteiger partial charge on any atom is 0.305 e. The van der Waals surface area contributed by atoms with Crippen LogP contribution < -0.4 is 5.32 Å². The van der Waals surface area contributed by atoms with E-state index in [1.54, 1.807) is 23.9 Å². The van der Waals surface area contributed by atoms with Crippen molar-refractivity contribution in [3.8, 4) is 0 Å². The van der Waals surface area contributed by atoms with Crippen LogP contribution in [0.4, 0.5) is 0 Å². The molecule has 2 N–H and O–H groups in total. The standard InChI is InChI=1S/C16H21NO5S2/c1-23-13-4-2-12(3-5-13)14(9-16(19)20)17-15(18)8-11-6-7-24(21,22)10-11/h2-5,11,14H,6-10H2,1H3,(H,17,18)(H,19,20). The SMILES string of the molecule is CSc1ccc(C(CC(=O)O)NC(=O)CC2CCS(=O)(=O)C2)cc1. The number of aliphatic carboxylic acids is 1. The second kappa shape index (κ2) is 8.02. The van der Waals surface area contributed by atoms with Gasteiger partial charge in [0.2, 0.25) is 5.91 Å². The molecule has 1 aliphatic rings. The molecule has 6 nitrogen and oxygen atoms in total. The fourth-order valence-electron chi connectivity index (χ4n) is 2.81. The van der Waals surface area contributed by atoms with Gasteiger partial charge in [0.05, 0.1) is 24.0 Å². The van der Waals surface area contributed by atoms with Crippen LogP contribution in [0.3, 0.4) is 0 Å². The first-order valence-electron chi connectivity index (χ1n) is 7.64. The van der Waals surface area contributed by atoms with Crippen LogP contribution in [0, 0.1) is 5.92 Å². The number of rotatable bonds is 7. The van der Waals surface area contributed by atoms with Gasteiger partial charge in [0.15, 0.2) is 9.84 Å². The highest BCUT2D eigenvalue weighted by Gasteiger charge is 2.30. The Kier molecular flexibility index (Phi) is 6.28. The Hall–Kier alpha value is -1.54. The van der Waals surface area contributed by atoms with Crippen molar-refractivity contribution in [2.24, 2.45) is 5.92 Å². The van der Waals surface area contributed by atoms with E-state index in [1.807, 2.05) is 18.4 Å². The minimum Gasteiger partial charge on any atom is -0.481 e. The molecular weight excluding hydrogens is 350 g/mol. The van der Waals surface area contributed by atoms with Gasteiger partial charge in [-0.05, 0) is 36.3 Å². The molecule has 2 atom stereocenters. The number of carbonyl (C=O) groups excluding carboxylic acids is 1. The van der Waals surface area contributed by atoms with Gasteiger partial charge >= 0.3 is 5.97 Å². The molecule has 1 saturated heterocycles. The van der Waals surface area contributed by atoms with Crippen LogP contribution in [0.1, 0.15) is 30.9 Å². The van der Waals surface area contributed by atoms with E-state index >= 15 is 0 Å². The third-order valence-electron chi connectivity index (χ3n) is 4.03. The van der Waals surface area contributed by atoms with Gasteiger partial charge in [-0.25, -0.2) is 8.42 Å². The van der Waals surface area contributed by atoms with Crippen LogP contribution in [-0.4, -0.2) is 43.2 Å². The lowest BCUT2D eigenvalue weighted by Gasteiger charge is -2.19. The lowest BCUT2D eigenvalue weighted by Crippen LogP contribution is -2.31. The Labute approximate surface area is 145 Å². The molecule has 0 aliphatic carbocycles. The van der Waals surface area contributed by atoms with Crippen molar-refractivity contribution in [1.29, 1.82) is 0 Å². The number of nitrogens with one attached hydrogen (secondary N) is 1. The Morgan fingerprint density at radius 2 is 2.00 bits per heavy atom. The van der Waals surface area contributed by atoms with Gasteiger partial charge in [-0.1, -0.05) is 12.1 Å². The van der Waals surface area contributed by atoms with E-state index in [9.17, 15) is 18.0 Å². The first kappa shape index (κ1) is 18.8. The van der Waals surface area contributed by atoms with Gasteiger partial charge in [0.1, 0.15) is 0 Å². The van der Waals surface area contributed by atoms with E-state index in [4.69, 9.17) is 5.11 Å². The topological polar surface area (TPSA) is 101 Å². The number of hydrogen-bond acceptors (Lipinski definition) is 5. The van der Waals surface area contributed by atoms with Crippen LogP contribution in [0.15, 0.2) is 29.2 Å². The van der Waals surface area contributed by atoms with Crippen molar-refractivity contribution in [3.05, 3.63) is 29.8 Å². The summed E-state index contributed by atoms with van der Waals surface area (Å²) in [6.07, 6.45) is 2.33. The van der Waals surface area contributed by atoms with Crippen LogP contribution in [0.2, 0.25) is 0 Å². The molecule has 1 aromatic carbocycles. The fraction of sp³-hybridized carbons (Fsp3) is 0.500. The molecule has 1 aliphatic heterocycles. The highest BCUT2D eigenvalue weighted by atomic mass is 32.2. The molecule has 8 heteroatoms. The lowest BCUT2D eigenvalue weighted by molar-refractivity contribution is -0.137. The van der Waals surface area contributed by atoms with Crippen molar-refractivity contribution in [2.45, 2.75) is 30.2 Å². The quantitative estimate of drug-likeness (QED) is 0.710. The molecule has 1 amide bonds. The Morgan fingerprint density at radius 1 is 1.33 bits per heavy atom. The first-order valence-corrected chi connectivity index (χ1v) is 10.7. The van der Waals surface area contributed by atoms with Crippen molar-refractivity contribution < 1.29 is 23.1 Å². The molecule has 1 heterocycles. The van der Waals surface area contributed by atoms with Crippen LogP contribution in [0.25, 0.3) is 0 Å². The minimum absolute atomic E-state index is 0.0342. The van der Waals surface area contributed by atoms with Crippen LogP contribution >= 0.6 is 11.8 Å². The van der Waals surface area contributed by atoms with E-state index < -0.39 is 21.8 Å². The summed E-state index contributed by atoms with van der Waals surface area (Å²) < 4.78 is 22.9. The van der Waals surface area contributed by atoms with Gasteiger partial charge in [-0.3, -0.25) is 9.59 Å². The molecule has 1 fully saturated rings. The number of benzene rings is 1. The molecule has 0 radical (unpaired) electrons. The highest BCUT2D eigenvalue weighted by molar-refractivity contribution is 7.98. The summed E-state index contributed by atoms with van der Waals surface area (Å²) in [6, 6.07) is 6.75. The van der Waals surface area contributed by atoms with Gasteiger partial charge in [0.25, 0.3) is 0 Å². The number of carbonyl (C=O) groups is 2. The van der Waals surface area contributed by atoms with Gasteiger partial charge < -0.3 is 10.4 Å². The fourth-order valence-corrected chi connectivity index (χ4v) is 5.08. The summed E-state index contributed by atoms with van der Waals surface area (Å²) in [5.74, 6) is -1.33. The lowest BCUT2D eigenvalue weighted by atomic mass is 10.0. The summed E-state index contributed by atoms with van der Waals surface area (Å²) in [7, 11) is -3.02. The maximum atomic E-state index is 12.2. The zero-order valence-corrected chi connectivity index (χ0v) is 15.0. The first-order chi connectivity index (χ1) is 11.3. The summed E-state index contributed by atoms with van der Waals surface area (Å²) in [5, 5.41) is 11.8. The highest BCUT2D eigenvalue weighted by Crippen LogP contribution is 2.24. The zero-order valence-electron chi connectivity index (χ0n) is 13.4. The zero-order chi connectivity index (χ0) is 17.7. The van der Waals surface area contributed by atoms with Crippen molar-refractivity contribution >= 4 is 33.5 Å². The van der Waals surface area contributed by atoms with Gasteiger partial charge in [-0.15, -0.1) is 11.8 Å². The third-order valence-corrected chi connectivity index (χ3v) is 6.61.